The first-order valence-corrected chi connectivity index (χ1v) is 7.26. The highest BCUT2D eigenvalue weighted by Gasteiger charge is 2.27. The first-order valence-electron chi connectivity index (χ1n) is 6.44. The average molecular weight is 262 g/mol. The van der Waals surface area contributed by atoms with E-state index in [0.29, 0.717) is 0 Å². The number of rotatable bonds is 5. The summed E-state index contributed by atoms with van der Waals surface area (Å²) < 4.78 is 6.40. The Bertz CT molecular complexity index is 548. The van der Waals surface area contributed by atoms with E-state index in [9.17, 15) is 0 Å². The Balaban J connectivity index is 1.71. The number of nitrogens with one attached hydrogen (secondary N) is 1. The lowest BCUT2D eigenvalue weighted by Crippen LogP contribution is -2.12. The van der Waals surface area contributed by atoms with Crippen LogP contribution in [0.4, 0.5) is 5.13 Å². The molecule has 1 aromatic heterocycles. The predicted octanol–water partition coefficient (Wildman–Crippen LogP) is 3.76. The van der Waals surface area contributed by atoms with E-state index in [1.54, 1.807) is 18.4 Å². The molecule has 0 aliphatic heterocycles. The molecule has 0 amide bonds. The summed E-state index contributed by atoms with van der Waals surface area (Å²) >= 11 is 1.70. The number of aromatic nitrogens is 1. The van der Waals surface area contributed by atoms with E-state index in [1.807, 2.05) is 18.2 Å². The molecule has 1 saturated carbocycles. The van der Waals surface area contributed by atoms with Crippen LogP contribution in [0.5, 0.6) is 5.75 Å². The maximum absolute atomic E-state index is 5.23. The molecule has 1 N–H and O–H groups in total. The smallest absolute Gasteiger partial charge is 0.183 e. The van der Waals surface area contributed by atoms with Gasteiger partial charge in [-0.1, -0.05) is 18.3 Å². The number of nitrogens with zero attached hydrogens (tertiary/aromatic N) is 1. The maximum Gasteiger partial charge on any atom is 0.183 e. The third-order valence-corrected chi connectivity index (χ3v) is 4.57. The molecule has 3 rings (SSSR count). The van der Waals surface area contributed by atoms with Crippen LogP contribution in [0, 0.1) is 11.8 Å². The van der Waals surface area contributed by atoms with Crippen molar-refractivity contribution in [3.8, 4) is 5.75 Å². The zero-order valence-corrected chi connectivity index (χ0v) is 11.6. The van der Waals surface area contributed by atoms with E-state index in [2.05, 4.69) is 17.2 Å². The van der Waals surface area contributed by atoms with Crippen molar-refractivity contribution in [3.05, 3.63) is 18.2 Å². The van der Waals surface area contributed by atoms with Crippen molar-refractivity contribution < 1.29 is 4.74 Å². The van der Waals surface area contributed by atoms with Gasteiger partial charge in [-0.25, -0.2) is 4.98 Å². The molecule has 0 bridgehead atoms. The zero-order chi connectivity index (χ0) is 12.5. The van der Waals surface area contributed by atoms with Crippen molar-refractivity contribution in [2.45, 2.75) is 19.8 Å². The summed E-state index contributed by atoms with van der Waals surface area (Å²) in [5.41, 5.74) is 1.04. The molecular formula is C14H18N2OS. The minimum atomic E-state index is 0.756. The summed E-state index contributed by atoms with van der Waals surface area (Å²) in [7, 11) is 1.69. The van der Waals surface area contributed by atoms with E-state index in [4.69, 9.17) is 4.74 Å². The molecule has 1 aliphatic rings. The highest BCUT2D eigenvalue weighted by atomic mass is 32.1. The van der Waals surface area contributed by atoms with Crippen molar-refractivity contribution in [3.63, 3.8) is 0 Å². The van der Waals surface area contributed by atoms with Gasteiger partial charge in [0.15, 0.2) is 5.13 Å². The fourth-order valence-electron chi connectivity index (χ4n) is 2.19. The van der Waals surface area contributed by atoms with Crippen molar-refractivity contribution in [2.75, 3.05) is 19.0 Å². The Morgan fingerprint density at radius 2 is 2.33 bits per heavy atom. The van der Waals surface area contributed by atoms with Crippen molar-refractivity contribution in [2.24, 2.45) is 11.8 Å². The van der Waals surface area contributed by atoms with Gasteiger partial charge in [-0.15, -0.1) is 0 Å². The second-order valence-electron chi connectivity index (χ2n) is 5.05. The Hall–Kier alpha value is -1.29. The minimum absolute atomic E-state index is 0.756. The molecule has 1 atom stereocenters. The summed E-state index contributed by atoms with van der Waals surface area (Å²) in [5.74, 6) is 2.59. The number of methoxy groups -OCH3 is 1. The minimum Gasteiger partial charge on any atom is -0.497 e. The second kappa shape index (κ2) is 4.76. The standard InChI is InChI=1S/C14H18N2OS/c1-9(10-3-4-10)8-15-14-16-12-6-5-11(17-2)7-13(12)18-14/h5-7,9-10H,3-4,8H2,1-2H3,(H,15,16). The molecule has 0 spiro atoms. The molecule has 1 aliphatic carbocycles. The molecule has 1 aromatic carbocycles. The van der Waals surface area contributed by atoms with Crippen molar-refractivity contribution in [1.82, 2.24) is 4.98 Å². The Kier molecular flexibility index (Phi) is 3.12. The van der Waals surface area contributed by atoms with E-state index in [-0.39, 0.29) is 0 Å². The molecule has 4 heteroatoms. The Morgan fingerprint density at radius 1 is 1.50 bits per heavy atom. The lowest BCUT2D eigenvalue weighted by molar-refractivity contribution is 0.415. The highest BCUT2D eigenvalue weighted by Crippen LogP contribution is 2.37. The van der Waals surface area contributed by atoms with Crippen LogP contribution in [-0.2, 0) is 0 Å². The van der Waals surface area contributed by atoms with Gasteiger partial charge in [0.25, 0.3) is 0 Å². The van der Waals surface area contributed by atoms with Crippen LogP contribution in [0.3, 0.4) is 0 Å². The molecule has 0 saturated heterocycles. The van der Waals surface area contributed by atoms with Crippen LogP contribution in [0.1, 0.15) is 19.8 Å². The molecule has 0 radical (unpaired) electrons. The molecule has 1 unspecified atom stereocenters. The number of hydrogen-bond acceptors (Lipinski definition) is 4. The van der Waals surface area contributed by atoms with Gasteiger partial charge in [0.1, 0.15) is 5.75 Å². The van der Waals surface area contributed by atoms with Crippen LogP contribution in [0.2, 0.25) is 0 Å². The number of thiazole rings is 1. The summed E-state index contributed by atoms with van der Waals surface area (Å²) in [5, 5.41) is 4.48. The fourth-order valence-corrected chi connectivity index (χ4v) is 3.09. The van der Waals surface area contributed by atoms with Crippen LogP contribution in [-0.4, -0.2) is 18.6 Å². The third-order valence-electron chi connectivity index (χ3n) is 3.60. The third kappa shape index (κ3) is 2.43. The summed E-state index contributed by atoms with van der Waals surface area (Å²) in [6, 6.07) is 6.02. The second-order valence-corrected chi connectivity index (χ2v) is 6.08. The number of ether oxygens (including phenoxy) is 1. The number of hydrogen-bond donors (Lipinski definition) is 1. The van der Waals surface area contributed by atoms with Crippen LogP contribution in [0.25, 0.3) is 10.2 Å². The van der Waals surface area contributed by atoms with Gasteiger partial charge in [0.05, 0.1) is 17.3 Å². The monoisotopic (exact) mass is 262 g/mol. The average Bonchev–Trinajstić information content (AvgIpc) is 3.15. The number of benzene rings is 1. The van der Waals surface area contributed by atoms with E-state index >= 15 is 0 Å². The molecule has 1 fully saturated rings. The molecular weight excluding hydrogens is 244 g/mol. The first kappa shape index (κ1) is 11.8. The van der Waals surface area contributed by atoms with Gasteiger partial charge in [0.2, 0.25) is 0 Å². The van der Waals surface area contributed by atoms with Gasteiger partial charge >= 0.3 is 0 Å². The van der Waals surface area contributed by atoms with Gasteiger partial charge in [-0.3, -0.25) is 0 Å². The quantitative estimate of drug-likeness (QED) is 0.890. The highest BCUT2D eigenvalue weighted by molar-refractivity contribution is 7.22. The largest absolute Gasteiger partial charge is 0.497 e. The predicted molar refractivity (Wildman–Crippen MR) is 76.5 cm³/mol. The van der Waals surface area contributed by atoms with Gasteiger partial charge < -0.3 is 10.1 Å². The summed E-state index contributed by atoms with van der Waals surface area (Å²) in [6.07, 6.45) is 2.81. The number of anilines is 1. The topological polar surface area (TPSA) is 34.1 Å². The first-order chi connectivity index (χ1) is 8.76. The van der Waals surface area contributed by atoms with Gasteiger partial charge in [-0.05, 0) is 42.9 Å². The van der Waals surface area contributed by atoms with E-state index < -0.39 is 0 Å². The maximum atomic E-state index is 5.23. The van der Waals surface area contributed by atoms with E-state index in [0.717, 1.165) is 34.8 Å². The molecule has 3 nitrogen and oxygen atoms in total. The van der Waals surface area contributed by atoms with Crippen LogP contribution >= 0.6 is 11.3 Å². The fraction of sp³-hybridized carbons (Fsp3) is 0.500. The van der Waals surface area contributed by atoms with Gasteiger partial charge in [-0.2, -0.15) is 0 Å². The lowest BCUT2D eigenvalue weighted by Gasteiger charge is -2.09. The molecule has 2 aromatic rings. The zero-order valence-electron chi connectivity index (χ0n) is 10.8. The normalized spacial score (nSPS) is 16.8. The Labute approximate surface area is 111 Å². The SMILES string of the molecule is COc1ccc2nc(NCC(C)C3CC3)sc2c1. The Morgan fingerprint density at radius 3 is 3.06 bits per heavy atom. The lowest BCUT2D eigenvalue weighted by atomic mass is 10.1. The number of fused-ring (bicyclic) bond motifs is 1. The van der Waals surface area contributed by atoms with Crippen molar-refractivity contribution >= 4 is 26.7 Å². The van der Waals surface area contributed by atoms with Crippen molar-refractivity contribution in [1.29, 1.82) is 0 Å². The van der Waals surface area contributed by atoms with E-state index in [1.165, 1.54) is 17.5 Å². The summed E-state index contributed by atoms with van der Waals surface area (Å²) in [4.78, 5) is 4.59. The van der Waals surface area contributed by atoms with Crippen LogP contribution in [0.15, 0.2) is 18.2 Å². The van der Waals surface area contributed by atoms with Crippen LogP contribution < -0.4 is 10.1 Å². The van der Waals surface area contributed by atoms with Gasteiger partial charge in [0, 0.05) is 6.54 Å². The molecule has 1 heterocycles. The molecule has 18 heavy (non-hydrogen) atoms. The summed E-state index contributed by atoms with van der Waals surface area (Å²) in [6.45, 7) is 3.35. The molecule has 96 valence electrons.